The van der Waals surface area contributed by atoms with Crippen molar-refractivity contribution in [3.8, 4) is 0 Å². The lowest BCUT2D eigenvalue weighted by Crippen LogP contribution is -2.28. The van der Waals surface area contributed by atoms with Gasteiger partial charge in [-0.2, -0.15) is 5.06 Å². The van der Waals surface area contributed by atoms with Crippen molar-refractivity contribution < 1.29 is 14.4 Å². The highest BCUT2D eigenvalue weighted by Crippen LogP contribution is 2.07. The summed E-state index contributed by atoms with van der Waals surface area (Å²) in [6.07, 6.45) is 3.97. The molecule has 1 rings (SSSR count). The van der Waals surface area contributed by atoms with E-state index < -0.39 is 0 Å². The van der Waals surface area contributed by atoms with Gasteiger partial charge in [0.2, 0.25) is 0 Å². The molecule has 0 unspecified atom stereocenters. The van der Waals surface area contributed by atoms with Crippen LogP contribution in [0.3, 0.4) is 0 Å². The second-order valence-electron chi connectivity index (χ2n) is 4.50. The van der Waals surface area contributed by atoms with Crippen molar-refractivity contribution in [1.29, 1.82) is 0 Å². The Bertz CT molecular complexity index is 160. The first kappa shape index (κ1) is 14.4. The van der Waals surface area contributed by atoms with E-state index in [0.29, 0.717) is 6.47 Å². The topological polar surface area (TPSA) is 38.8 Å². The summed E-state index contributed by atoms with van der Waals surface area (Å²) in [4.78, 5) is 14.6. The molecular formula is C11H23NO3. The molecule has 4 heteroatoms. The van der Waals surface area contributed by atoms with Crippen molar-refractivity contribution in [3.63, 3.8) is 0 Å². The Morgan fingerprint density at radius 3 is 1.87 bits per heavy atom. The zero-order chi connectivity index (χ0) is 11.7. The first-order valence-electron chi connectivity index (χ1n) is 5.40. The Balaban J connectivity index is 0.000000265. The first-order valence-corrected chi connectivity index (χ1v) is 5.40. The molecule has 0 aromatic rings. The molecule has 0 amide bonds. The zero-order valence-electron chi connectivity index (χ0n) is 10.3. The highest BCUT2D eigenvalue weighted by molar-refractivity contribution is 5.37. The van der Waals surface area contributed by atoms with Gasteiger partial charge in [-0.25, -0.2) is 0 Å². The molecule has 1 heterocycles. The van der Waals surface area contributed by atoms with E-state index >= 15 is 0 Å². The second kappa shape index (κ2) is 7.65. The Kier molecular flexibility index (Phi) is 7.34. The maximum absolute atomic E-state index is 9.60. The molecule has 0 bridgehead atoms. The average molecular weight is 217 g/mol. The van der Waals surface area contributed by atoms with Gasteiger partial charge in [0.1, 0.15) is 5.60 Å². The Hall–Kier alpha value is -0.610. The van der Waals surface area contributed by atoms with Crippen LogP contribution < -0.4 is 0 Å². The van der Waals surface area contributed by atoms with E-state index in [1.54, 1.807) is 7.11 Å². The fourth-order valence-electron chi connectivity index (χ4n) is 1.19. The molecule has 1 fully saturated rings. The minimum absolute atomic E-state index is 0.318. The summed E-state index contributed by atoms with van der Waals surface area (Å²) < 4.78 is 4.55. The predicted molar refractivity (Wildman–Crippen MR) is 59.3 cm³/mol. The molecule has 0 saturated carbocycles. The fraction of sp³-hybridized carbons (Fsp3) is 0.909. The van der Waals surface area contributed by atoms with E-state index in [1.807, 2.05) is 25.8 Å². The van der Waals surface area contributed by atoms with Gasteiger partial charge in [-0.1, -0.05) is 6.42 Å². The molecule has 1 aliphatic heterocycles. The summed E-state index contributed by atoms with van der Waals surface area (Å²) in [5, 5.41) is 2.02. The van der Waals surface area contributed by atoms with Gasteiger partial charge in [0, 0.05) is 13.1 Å². The van der Waals surface area contributed by atoms with Gasteiger partial charge in [-0.05, 0) is 33.6 Å². The summed E-state index contributed by atoms with van der Waals surface area (Å²) in [5.74, 6) is 0. The first-order chi connectivity index (χ1) is 6.99. The Morgan fingerprint density at radius 1 is 1.13 bits per heavy atom. The summed E-state index contributed by atoms with van der Waals surface area (Å²) >= 11 is 0. The van der Waals surface area contributed by atoms with Gasteiger partial charge in [-0.15, -0.1) is 0 Å². The number of hydroxylamine groups is 2. The highest BCUT2D eigenvalue weighted by atomic mass is 16.7. The standard InChI is InChI=1S/C6H13NO.C5H10O2/c1-8-7-5-3-2-4-6-7;1-5(2,3)7-4-6/h2-6H2,1H3;4H,1-3H3. The number of carbonyl (C=O) groups is 1. The van der Waals surface area contributed by atoms with Crippen molar-refractivity contribution in [2.24, 2.45) is 0 Å². The van der Waals surface area contributed by atoms with Crippen molar-refractivity contribution in [3.05, 3.63) is 0 Å². The molecule has 15 heavy (non-hydrogen) atoms. The van der Waals surface area contributed by atoms with E-state index in [2.05, 4.69) is 4.74 Å². The smallest absolute Gasteiger partial charge is 0.293 e. The SMILES string of the molecule is CC(C)(C)OC=O.CON1CCCCC1. The third-order valence-corrected chi connectivity index (χ3v) is 1.97. The van der Waals surface area contributed by atoms with Crippen LogP contribution in [-0.4, -0.2) is 37.3 Å². The van der Waals surface area contributed by atoms with Crippen molar-refractivity contribution in [2.75, 3.05) is 20.2 Å². The molecule has 4 nitrogen and oxygen atoms in total. The molecule has 0 spiro atoms. The quantitative estimate of drug-likeness (QED) is 0.663. The third kappa shape index (κ3) is 9.69. The third-order valence-electron chi connectivity index (χ3n) is 1.97. The van der Waals surface area contributed by atoms with E-state index in [4.69, 9.17) is 4.84 Å². The van der Waals surface area contributed by atoms with Gasteiger partial charge in [-0.3, -0.25) is 4.79 Å². The number of piperidine rings is 1. The average Bonchev–Trinajstić information content (AvgIpc) is 2.18. The van der Waals surface area contributed by atoms with Gasteiger partial charge in [0.15, 0.2) is 0 Å². The van der Waals surface area contributed by atoms with Crippen LogP contribution in [0.25, 0.3) is 0 Å². The molecule has 0 aromatic heterocycles. The van der Waals surface area contributed by atoms with E-state index in [1.165, 1.54) is 19.3 Å². The van der Waals surface area contributed by atoms with Crippen molar-refractivity contribution >= 4 is 6.47 Å². The lowest BCUT2D eigenvalue weighted by Gasteiger charge is -2.23. The van der Waals surface area contributed by atoms with Gasteiger partial charge >= 0.3 is 0 Å². The number of carbonyl (C=O) groups excluding carboxylic acids is 1. The van der Waals surface area contributed by atoms with Crippen LogP contribution in [0.1, 0.15) is 40.0 Å². The molecular weight excluding hydrogens is 194 g/mol. The summed E-state index contributed by atoms with van der Waals surface area (Å²) in [6, 6.07) is 0. The number of ether oxygens (including phenoxy) is 1. The number of nitrogens with zero attached hydrogens (tertiary/aromatic N) is 1. The van der Waals surface area contributed by atoms with Crippen LogP contribution in [0.5, 0.6) is 0 Å². The molecule has 90 valence electrons. The van der Waals surface area contributed by atoms with Crippen molar-refractivity contribution in [2.45, 2.75) is 45.6 Å². The van der Waals surface area contributed by atoms with Gasteiger partial charge in [0.25, 0.3) is 6.47 Å². The van der Waals surface area contributed by atoms with E-state index in [0.717, 1.165) is 13.1 Å². The second-order valence-corrected chi connectivity index (χ2v) is 4.50. The van der Waals surface area contributed by atoms with Crippen LogP contribution in [-0.2, 0) is 14.4 Å². The summed E-state index contributed by atoms with van der Waals surface area (Å²) in [6.45, 7) is 8.16. The largest absolute Gasteiger partial charge is 0.462 e. The fourth-order valence-corrected chi connectivity index (χ4v) is 1.19. The predicted octanol–water partition coefficient (Wildman–Crippen LogP) is 1.99. The lowest BCUT2D eigenvalue weighted by atomic mass is 10.2. The molecule has 1 saturated heterocycles. The minimum atomic E-state index is -0.318. The van der Waals surface area contributed by atoms with Crippen LogP contribution in [0.4, 0.5) is 0 Å². The van der Waals surface area contributed by atoms with Crippen LogP contribution in [0.15, 0.2) is 0 Å². The number of rotatable bonds is 2. The normalized spacial score (nSPS) is 17.6. The van der Waals surface area contributed by atoms with Crippen molar-refractivity contribution in [1.82, 2.24) is 5.06 Å². The van der Waals surface area contributed by atoms with Crippen LogP contribution in [0.2, 0.25) is 0 Å². The van der Waals surface area contributed by atoms with Gasteiger partial charge < -0.3 is 9.57 Å². The van der Waals surface area contributed by atoms with E-state index in [9.17, 15) is 4.79 Å². The minimum Gasteiger partial charge on any atom is -0.462 e. The monoisotopic (exact) mass is 217 g/mol. The molecule has 0 radical (unpaired) electrons. The molecule has 0 N–H and O–H groups in total. The highest BCUT2D eigenvalue weighted by Gasteiger charge is 2.07. The number of hydrogen-bond donors (Lipinski definition) is 0. The Labute approximate surface area is 92.5 Å². The molecule has 0 aliphatic carbocycles. The number of hydrogen-bond acceptors (Lipinski definition) is 4. The Morgan fingerprint density at radius 2 is 1.67 bits per heavy atom. The van der Waals surface area contributed by atoms with E-state index in [-0.39, 0.29) is 5.60 Å². The molecule has 0 atom stereocenters. The lowest BCUT2D eigenvalue weighted by molar-refractivity contribution is -0.141. The zero-order valence-corrected chi connectivity index (χ0v) is 10.3. The maximum Gasteiger partial charge on any atom is 0.293 e. The van der Waals surface area contributed by atoms with Gasteiger partial charge in [0.05, 0.1) is 7.11 Å². The molecule has 1 aliphatic rings. The van der Waals surface area contributed by atoms with Crippen LogP contribution >= 0.6 is 0 Å². The maximum atomic E-state index is 9.60. The summed E-state index contributed by atoms with van der Waals surface area (Å²) in [5.41, 5.74) is -0.318. The summed E-state index contributed by atoms with van der Waals surface area (Å²) in [7, 11) is 1.74. The molecule has 0 aromatic carbocycles. The van der Waals surface area contributed by atoms with Crippen LogP contribution in [0, 0.1) is 0 Å².